The standard InChI is InChI=1S/C9H13BP2/c1-11(2)8-6-4-5-7-9(8)12(3)10/h4-7H,1-3H3. The van der Waals surface area contributed by atoms with Crippen LogP contribution in [0.15, 0.2) is 24.3 Å². The van der Waals surface area contributed by atoms with Crippen molar-refractivity contribution in [3.8, 4) is 0 Å². The molecule has 2 radical (unpaired) electrons. The average molecular weight is 194 g/mol. The molecule has 0 fully saturated rings. The van der Waals surface area contributed by atoms with Crippen LogP contribution in [0.2, 0.25) is 0 Å². The summed E-state index contributed by atoms with van der Waals surface area (Å²) in [7, 11) is 5.48. The van der Waals surface area contributed by atoms with Gasteiger partial charge >= 0.3 is 0 Å². The highest BCUT2D eigenvalue weighted by Crippen LogP contribution is 2.29. The van der Waals surface area contributed by atoms with E-state index in [9.17, 15) is 0 Å². The summed E-state index contributed by atoms with van der Waals surface area (Å²) in [5, 5.41) is 2.83. The Kier molecular flexibility index (Phi) is 3.75. The van der Waals surface area contributed by atoms with Gasteiger partial charge in [0, 0.05) is 0 Å². The van der Waals surface area contributed by atoms with Crippen LogP contribution in [-0.2, 0) is 0 Å². The van der Waals surface area contributed by atoms with Gasteiger partial charge in [-0.05, 0) is 30.6 Å². The second-order valence-electron chi connectivity index (χ2n) is 2.99. The molecule has 0 bridgehead atoms. The summed E-state index contributed by atoms with van der Waals surface area (Å²) in [4.78, 5) is 0. The molecule has 0 spiro atoms. The van der Waals surface area contributed by atoms with E-state index in [0.717, 1.165) is 0 Å². The summed E-state index contributed by atoms with van der Waals surface area (Å²) in [6, 6.07) is 8.53. The summed E-state index contributed by atoms with van der Waals surface area (Å²) in [5.41, 5.74) is 0. The van der Waals surface area contributed by atoms with Crippen LogP contribution in [0.3, 0.4) is 0 Å². The molecule has 0 aliphatic rings. The highest BCUT2D eigenvalue weighted by atomic mass is 31.1. The predicted octanol–water partition coefficient (Wildman–Crippen LogP) is 1.87. The van der Waals surface area contributed by atoms with E-state index in [1.54, 1.807) is 0 Å². The zero-order chi connectivity index (χ0) is 9.14. The smallest absolute Gasteiger partial charge is 0.115 e. The predicted molar refractivity (Wildman–Crippen MR) is 63.1 cm³/mol. The maximum atomic E-state index is 5.93. The quantitative estimate of drug-likeness (QED) is 0.498. The highest BCUT2D eigenvalue weighted by Gasteiger charge is 2.06. The summed E-state index contributed by atoms with van der Waals surface area (Å²) < 4.78 is 0. The van der Waals surface area contributed by atoms with Crippen LogP contribution in [0, 0.1) is 0 Å². The Bertz CT molecular complexity index is 231. The minimum Gasteiger partial charge on any atom is -0.129 e. The first-order valence-corrected chi connectivity index (χ1v) is 7.97. The van der Waals surface area contributed by atoms with Gasteiger partial charge in [-0.2, -0.15) is 0 Å². The van der Waals surface area contributed by atoms with Crippen molar-refractivity contribution in [3.05, 3.63) is 24.3 Å². The minimum absolute atomic E-state index is 0.0126. The molecule has 3 heteroatoms. The Hall–Kier alpha value is 0.145. The van der Waals surface area contributed by atoms with Gasteiger partial charge in [0.2, 0.25) is 0 Å². The Labute approximate surface area is 78.6 Å². The van der Waals surface area contributed by atoms with Crippen molar-refractivity contribution >= 4 is 33.9 Å². The van der Waals surface area contributed by atoms with Crippen LogP contribution in [0.25, 0.3) is 0 Å². The molecule has 1 rings (SSSR count). The van der Waals surface area contributed by atoms with Crippen molar-refractivity contribution in [2.45, 2.75) is 0 Å². The molecule has 0 heterocycles. The topological polar surface area (TPSA) is 0 Å². The molecule has 0 aliphatic carbocycles. The molecule has 1 atom stereocenters. The SMILES string of the molecule is [B]P(C)c1ccccc1P(C)C. The fraction of sp³-hybridized carbons (Fsp3) is 0.333. The Morgan fingerprint density at radius 3 is 1.83 bits per heavy atom. The van der Waals surface area contributed by atoms with Gasteiger partial charge in [-0.1, -0.05) is 32.2 Å². The lowest BCUT2D eigenvalue weighted by Gasteiger charge is -2.15. The van der Waals surface area contributed by atoms with E-state index >= 15 is 0 Å². The van der Waals surface area contributed by atoms with E-state index in [2.05, 4.69) is 44.3 Å². The van der Waals surface area contributed by atoms with Gasteiger partial charge in [-0.3, -0.25) is 0 Å². The fourth-order valence-electron chi connectivity index (χ4n) is 1.14. The fourth-order valence-corrected chi connectivity index (χ4v) is 3.89. The van der Waals surface area contributed by atoms with Gasteiger partial charge in [-0.15, -0.1) is 7.80 Å². The van der Waals surface area contributed by atoms with E-state index in [4.69, 9.17) is 7.57 Å². The van der Waals surface area contributed by atoms with E-state index in [1.165, 1.54) is 10.6 Å². The molecule has 0 aliphatic heterocycles. The highest BCUT2D eigenvalue weighted by molar-refractivity contribution is 7.89. The van der Waals surface area contributed by atoms with Gasteiger partial charge in [0.25, 0.3) is 0 Å². The molecular weight excluding hydrogens is 181 g/mol. The van der Waals surface area contributed by atoms with Crippen molar-refractivity contribution in [1.82, 2.24) is 0 Å². The first kappa shape index (κ1) is 10.2. The largest absolute Gasteiger partial charge is 0.129 e. The first-order chi connectivity index (χ1) is 5.63. The van der Waals surface area contributed by atoms with Crippen LogP contribution in [0.5, 0.6) is 0 Å². The second kappa shape index (κ2) is 4.40. The van der Waals surface area contributed by atoms with E-state index in [-0.39, 0.29) is 7.92 Å². The first-order valence-electron chi connectivity index (χ1n) is 3.87. The van der Waals surface area contributed by atoms with Crippen LogP contribution in [0.1, 0.15) is 0 Å². The molecule has 0 saturated heterocycles. The normalized spacial score (nSPS) is 13.3. The van der Waals surface area contributed by atoms with Crippen molar-refractivity contribution in [2.75, 3.05) is 20.0 Å². The third-order valence-corrected chi connectivity index (χ3v) is 4.42. The van der Waals surface area contributed by atoms with Gasteiger partial charge in [-0.25, -0.2) is 0 Å². The monoisotopic (exact) mass is 194 g/mol. The molecule has 12 heavy (non-hydrogen) atoms. The average Bonchev–Trinajstić information content (AvgIpc) is 2.04. The Morgan fingerprint density at radius 1 is 1.00 bits per heavy atom. The van der Waals surface area contributed by atoms with Crippen LogP contribution >= 0.6 is 15.7 Å². The number of hydrogen-bond donors (Lipinski definition) is 0. The van der Waals surface area contributed by atoms with Crippen LogP contribution in [0.4, 0.5) is 0 Å². The third kappa shape index (κ3) is 2.31. The van der Waals surface area contributed by atoms with Gasteiger partial charge in [0.15, 0.2) is 0 Å². The molecular formula is C9H13BP2. The lowest BCUT2D eigenvalue weighted by molar-refractivity contribution is 1.82. The molecule has 1 aromatic rings. The van der Waals surface area contributed by atoms with Gasteiger partial charge in [0.1, 0.15) is 7.57 Å². The van der Waals surface area contributed by atoms with Crippen LogP contribution < -0.4 is 10.6 Å². The zero-order valence-corrected chi connectivity index (χ0v) is 9.57. The number of hydrogen-bond acceptors (Lipinski definition) is 0. The third-order valence-electron chi connectivity index (χ3n) is 1.74. The van der Waals surface area contributed by atoms with Gasteiger partial charge in [0.05, 0.1) is 0 Å². The molecule has 1 unspecified atom stereocenters. The lowest BCUT2D eigenvalue weighted by atomic mass is 10.4. The van der Waals surface area contributed by atoms with Crippen molar-refractivity contribution in [2.24, 2.45) is 0 Å². The van der Waals surface area contributed by atoms with Crippen molar-refractivity contribution in [3.63, 3.8) is 0 Å². The second-order valence-corrected chi connectivity index (χ2v) is 6.97. The molecule has 1 aromatic carbocycles. The zero-order valence-electron chi connectivity index (χ0n) is 7.78. The maximum absolute atomic E-state index is 5.93. The maximum Gasteiger partial charge on any atom is 0.115 e. The molecule has 0 N–H and O–H groups in total. The van der Waals surface area contributed by atoms with E-state index in [1.807, 2.05) is 0 Å². The van der Waals surface area contributed by atoms with Crippen molar-refractivity contribution < 1.29 is 0 Å². The van der Waals surface area contributed by atoms with E-state index < -0.39 is 7.80 Å². The number of rotatable bonds is 2. The molecule has 0 nitrogen and oxygen atoms in total. The molecule has 0 saturated carbocycles. The van der Waals surface area contributed by atoms with Crippen LogP contribution in [-0.4, -0.2) is 27.6 Å². The summed E-state index contributed by atoms with van der Waals surface area (Å²) in [6.07, 6.45) is 0. The molecule has 0 amide bonds. The van der Waals surface area contributed by atoms with Crippen molar-refractivity contribution in [1.29, 1.82) is 0 Å². The lowest BCUT2D eigenvalue weighted by Crippen LogP contribution is -2.20. The molecule has 62 valence electrons. The van der Waals surface area contributed by atoms with Gasteiger partial charge < -0.3 is 0 Å². The number of benzene rings is 1. The summed E-state index contributed by atoms with van der Waals surface area (Å²) in [6.45, 7) is 6.65. The van der Waals surface area contributed by atoms with E-state index in [0.29, 0.717) is 0 Å². The summed E-state index contributed by atoms with van der Waals surface area (Å²) in [5.74, 6) is 0. The minimum atomic E-state index is -0.433. The Balaban J connectivity index is 3.09. The Morgan fingerprint density at radius 2 is 1.50 bits per heavy atom. The summed E-state index contributed by atoms with van der Waals surface area (Å²) >= 11 is 0. The molecule has 0 aromatic heterocycles.